The van der Waals surface area contributed by atoms with Crippen molar-refractivity contribution in [2.75, 3.05) is 0 Å². The van der Waals surface area contributed by atoms with Gasteiger partial charge in [-0.25, -0.2) is 4.79 Å². The minimum absolute atomic E-state index is 0.144. The van der Waals surface area contributed by atoms with Crippen LogP contribution in [0.15, 0.2) is 24.3 Å². The van der Waals surface area contributed by atoms with E-state index in [1.54, 1.807) is 0 Å². The molecule has 0 aromatic heterocycles. The molecule has 1 aromatic carbocycles. The predicted molar refractivity (Wildman–Crippen MR) is 66.2 cm³/mol. The molecule has 2 unspecified atom stereocenters. The van der Waals surface area contributed by atoms with E-state index in [4.69, 9.17) is 10.2 Å². The van der Waals surface area contributed by atoms with Crippen LogP contribution in [0.25, 0.3) is 0 Å². The van der Waals surface area contributed by atoms with Gasteiger partial charge in [0.15, 0.2) is 11.9 Å². The van der Waals surface area contributed by atoms with E-state index >= 15 is 0 Å². The fourth-order valence-corrected chi connectivity index (χ4v) is 1.55. The molecule has 0 aliphatic carbocycles. The van der Waals surface area contributed by atoms with Gasteiger partial charge in [0.25, 0.3) is 0 Å². The first-order valence-electron chi connectivity index (χ1n) is 5.77. The second kappa shape index (κ2) is 6.78. The number of carbonyl (C=O) groups excluding carboxylic acids is 1. The van der Waals surface area contributed by atoms with E-state index in [0.717, 1.165) is 0 Å². The molecular weight excluding hydrogens is 268 g/mol. The van der Waals surface area contributed by atoms with Crippen LogP contribution < -0.4 is 0 Å². The SMILES string of the molecule is O=C(O)CCC(=O)c1ccc(C(O)C(O)C(=O)O)cc1. The number of carboxylic acid groups (broad SMARTS) is 2. The van der Waals surface area contributed by atoms with Crippen molar-refractivity contribution in [3.8, 4) is 0 Å². The molecule has 0 amide bonds. The van der Waals surface area contributed by atoms with Gasteiger partial charge < -0.3 is 20.4 Å². The molecule has 0 saturated carbocycles. The van der Waals surface area contributed by atoms with Gasteiger partial charge in [-0.3, -0.25) is 9.59 Å². The van der Waals surface area contributed by atoms with Crippen molar-refractivity contribution in [1.29, 1.82) is 0 Å². The molecule has 1 aromatic rings. The lowest BCUT2D eigenvalue weighted by Gasteiger charge is -2.14. The van der Waals surface area contributed by atoms with Gasteiger partial charge in [-0.2, -0.15) is 0 Å². The molecule has 0 aliphatic rings. The van der Waals surface area contributed by atoms with E-state index < -0.39 is 24.1 Å². The maximum Gasteiger partial charge on any atom is 0.335 e. The Balaban J connectivity index is 2.76. The van der Waals surface area contributed by atoms with E-state index in [-0.39, 0.29) is 29.8 Å². The monoisotopic (exact) mass is 282 g/mol. The summed E-state index contributed by atoms with van der Waals surface area (Å²) in [6.07, 6.45) is -3.98. The average molecular weight is 282 g/mol. The maximum atomic E-state index is 11.6. The summed E-state index contributed by atoms with van der Waals surface area (Å²) >= 11 is 0. The number of carboxylic acids is 2. The summed E-state index contributed by atoms with van der Waals surface area (Å²) in [7, 11) is 0. The van der Waals surface area contributed by atoms with Gasteiger partial charge in [-0.05, 0) is 5.56 Å². The number of Topliss-reactive ketones (excluding diaryl/α,β-unsaturated/α-hetero) is 1. The van der Waals surface area contributed by atoms with Gasteiger partial charge in [-0.15, -0.1) is 0 Å². The number of hydrogen-bond acceptors (Lipinski definition) is 5. The maximum absolute atomic E-state index is 11.6. The molecule has 7 nitrogen and oxygen atoms in total. The Bertz CT molecular complexity index is 506. The normalized spacial score (nSPS) is 13.5. The average Bonchev–Trinajstić information content (AvgIpc) is 2.43. The summed E-state index contributed by atoms with van der Waals surface area (Å²) in [4.78, 5) is 32.5. The van der Waals surface area contributed by atoms with Gasteiger partial charge in [0.1, 0.15) is 6.10 Å². The zero-order chi connectivity index (χ0) is 15.3. The highest BCUT2D eigenvalue weighted by atomic mass is 16.4. The van der Waals surface area contributed by atoms with E-state index in [9.17, 15) is 24.6 Å². The van der Waals surface area contributed by atoms with Crippen molar-refractivity contribution in [3.63, 3.8) is 0 Å². The lowest BCUT2D eigenvalue weighted by Crippen LogP contribution is -2.27. The van der Waals surface area contributed by atoms with Crippen molar-refractivity contribution < 1.29 is 34.8 Å². The third-order valence-corrected chi connectivity index (χ3v) is 2.69. The summed E-state index contributed by atoms with van der Waals surface area (Å²) in [5.41, 5.74) is 0.404. The van der Waals surface area contributed by atoms with Crippen LogP contribution in [0.4, 0.5) is 0 Å². The topological polar surface area (TPSA) is 132 Å². The molecular formula is C13H14O7. The summed E-state index contributed by atoms with van der Waals surface area (Å²) in [5, 5.41) is 35.8. The second-order valence-electron chi connectivity index (χ2n) is 4.17. The largest absolute Gasteiger partial charge is 0.481 e. The molecule has 0 radical (unpaired) electrons. The van der Waals surface area contributed by atoms with Crippen molar-refractivity contribution in [3.05, 3.63) is 35.4 Å². The molecule has 0 bridgehead atoms. The predicted octanol–water partition coefficient (Wildman–Crippen LogP) is 0.213. The highest BCUT2D eigenvalue weighted by Gasteiger charge is 2.25. The van der Waals surface area contributed by atoms with Crippen LogP contribution in [0.1, 0.15) is 34.9 Å². The third kappa shape index (κ3) is 4.15. The molecule has 0 spiro atoms. The Morgan fingerprint density at radius 2 is 1.50 bits per heavy atom. The number of aliphatic hydroxyl groups excluding tert-OH is 2. The zero-order valence-corrected chi connectivity index (χ0v) is 10.4. The van der Waals surface area contributed by atoms with E-state index in [0.29, 0.717) is 0 Å². The number of carbonyl (C=O) groups is 3. The standard InChI is InChI=1S/C13H14O7/c14-9(5-6-10(15)16)7-1-3-8(4-2-7)11(17)12(18)13(19)20/h1-4,11-12,17-18H,5-6H2,(H,15,16)(H,19,20). The summed E-state index contributed by atoms with van der Waals surface area (Å²) in [6, 6.07) is 5.31. The second-order valence-corrected chi connectivity index (χ2v) is 4.17. The van der Waals surface area contributed by atoms with Crippen LogP contribution in [0.2, 0.25) is 0 Å². The number of hydrogen-bond donors (Lipinski definition) is 4. The highest BCUT2D eigenvalue weighted by molar-refractivity contribution is 5.97. The molecule has 0 aliphatic heterocycles. The Kier molecular flexibility index (Phi) is 5.36. The van der Waals surface area contributed by atoms with Gasteiger partial charge in [0, 0.05) is 12.0 Å². The Morgan fingerprint density at radius 3 is 1.95 bits per heavy atom. The molecule has 2 atom stereocenters. The number of benzene rings is 1. The Morgan fingerprint density at radius 1 is 0.950 bits per heavy atom. The first-order valence-corrected chi connectivity index (χ1v) is 5.77. The molecule has 108 valence electrons. The summed E-state index contributed by atoms with van der Waals surface area (Å²) in [5.74, 6) is -3.00. The Labute approximate surface area is 114 Å². The van der Waals surface area contributed by atoms with Gasteiger partial charge in [-0.1, -0.05) is 24.3 Å². The van der Waals surface area contributed by atoms with Gasteiger partial charge in [0.2, 0.25) is 0 Å². The smallest absolute Gasteiger partial charge is 0.335 e. The molecule has 4 N–H and O–H groups in total. The summed E-state index contributed by atoms with van der Waals surface area (Å²) < 4.78 is 0. The van der Waals surface area contributed by atoms with E-state index in [2.05, 4.69) is 0 Å². The van der Waals surface area contributed by atoms with Gasteiger partial charge in [0.05, 0.1) is 6.42 Å². The molecule has 0 fully saturated rings. The molecule has 0 heterocycles. The summed E-state index contributed by atoms with van der Waals surface area (Å²) in [6.45, 7) is 0. The lowest BCUT2D eigenvalue weighted by atomic mass is 10.00. The minimum Gasteiger partial charge on any atom is -0.481 e. The van der Waals surface area contributed by atoms with Gasteiger partial charge >= 0.3 is 11.9 Å². The van der Waals surface area contributed by atoms with Crippen LogP contribution in [-0.2, 0) is 9.59 Å². The number of rotatable bonds is 7. The van der Waals surface area contributed by atoms with Crippen LogP contribution in [-0.4, -0.2) is 44.3 Å². The fourth-order valence-electron chi connectivity index (χ4n) is 1.55. The number of ketones is 1. The highest BCUT2D eigenvalue weighted by Crippen LogP contribution is 2.18. The number of aliphatic hydroxyl groups is 2. The lowest BCUT2D eigenvalue weighted by molar-refractivity contribution is -0.153. The van der Waals surface area contributed by atoms with Crippen LogP contribution in [0.3, 0.4) is 0 Å². The van der Waals surface area contributed by atoms with Crippen molar-refractivity contribution in [2.24, 2.45) is 0 Å². The Hall–Kier alpha value is -2.25. The minimum atomic E-state index is -1.96. The van der Waals surface area contributed by atoms with Crippen molar-refractivity contribution in [1.82, 2.24) is 0 Å². The number of aliphatic carboxylic acids is 2. The molecule has 1 rings (SSSR count). The van der Waals surface area contributed by atoms with E-state index in [1.165, 1.54) is 24.3 Å². The third-order valence-electron chi connectivity index (χ3n) is 2.69. The van der Waals surface area contributed by atoms with Crippen molar-refractivity contribution >= 4 is 17.7 Å². The quantitative estimate of drug-likeness (QED) is 0.525. The van der Waals surface area contributed by atoms with Crippen LogP contribution >= 0.6 is 0 Å². The van der Waals surface area contributed by atoms with Crippen molar-refractivity contribution in [2.45, 2.75) is 25.0 Å². The zero-order valence-electron chi connectivity index (χ0n) is 10.4. The molecule has 7 heteroatoms. The first-order chi connectivity index (χ1) is 9.32. The first kappa shape index (κ1) is 15.8. The molecule has 0 saturated heterocycles. The van der Waals surface area contributed by atoms with E-state index in [1.807, 2.05) is 0 Å². The molecule has 20 heavy (non-hydrogen) atoms. The van der Waals surface area contributed by atoms with Crippen LogP contribution in [0, 0.1) is 0 Å². The fraction of sp³-hybridized carbons (Fsp3) is 0.308. The van der Waals surface area contributed by atoms with Crippen LogP contribution in [0.5, 0.6) is 0 Å².